The molecule has 0 spiro atoms. The minimum Gasteiger partial charge on any atom is -0.494 e. The highest BCUT2D eigenvalue weighted by Gasteiger charge is 2.02. The summed E-state index contributed by atoms with van der Waals surface area (Å²) < 4.78 is 5.47. The van der Waals surface area contributed by atoms with E-state index >= 15 is 0 Å². The first kappa shape index (κ1) is 12.0. The van der Waals surface area contributed by atoms with Crippen LogP contribution in [0.4, 0.5) is 0 Å². The van der Waals surface area contributed by atoms with Crippen LogP contribution in [0.3, 0.4) is 0 Å². The van der Waals surface area contributed by atoms with Crippen molar-refractivity contribution in [2.75, 3.05) is 6.61 Å². The molecule has 0 amide bonds. The van der Waals surface area contributed by atoms with Gasteiger partial charge in [0, 0.05) is 0 Å². The van der Waals surface area contributed by atoms with Gasteiger partial charge in [-0.2, -0.15) is 0 Å². The molecule has 13 heavy (non-hydrogen) atoms. The predicted octanol–water partition coefficient (Wildman–Crippen LogP) is 3.17. The number of hydrogen-bond donors (Lipinski definition) is 1. The summed E-state index contributed by atoms with van der Waals surface area (Å²) in [6.07, 6.45) is 0. The standard InChI is InChI=1S/C11H16O.H3N/c1-5-12-11-7-6-8(2)9(3)10(11)4;/h6-7H,5H2,1-4H3;1H3. The summed E-state index contributed by atoms with van der Waals surface area (Å²) in [7, 11) is 0. The third-order valence-electron chi connectivity index (χ3n) is 2.31. The van der Waals surface area contributed by atoms with Gasteiger partial charge in [0.1, 0.15) is 5.75 Å². The number of aryl methyl sites for hydroxylation is 1. The molecule has 0 unspecified atom stereocenters. The summed E-state index contributed by atoms with van der Waals surface area (Å²) in [6.45, 7) is 9.11. The van der Waals surface area contributed by atoms with Crippen LogP contribution < -0.4 is 10.9 Å². The molecule has 0 atom stereocenters. The zero-order valence-corrected chi connectivity index (χ0v) is 8.98. The minimum absolute atomic E-state index is 0. The summed E-state index contributed by atoms with van der Waals surface area (Å²) in [6, 6.07) is 4.15. The van der Waals surface area contributed by atoms with E-state index in [2.05, 4.69) is 26.8 Å². The Balaban J connectivity index is 0.00000144. The molecule has 0 aliphatic heterocycles. The van der Waals surface area contributed by atoms with Gasteiger partial charge in [-0.25, -0.2) is 0 Å². The molecule has 0 saturated heterocycles. The summed E-state index contributed by atoms with van der Waals surface area (Å²) >= 11 is 0. The third kappa shape index (κ3) is 2.46. The maximum Gasteiger partial charge on any atom is 0.122 e. The van der Waals surface area contributed by atoms with Crippen LogP contribution >= 0.6 is 0 Å². The second-order valence-corrected chi connectivity index (χ2v) is 3.06. The van der Waals surface area contributed by atoms with E-state index in [4.69, 9.17) is 4.74 Å². The van der Waals surface area contributed by atoms with E-state index < -0.39 is 0 Å². The van der Waals surface area contributed by atoms with Crippen molar-refractivity contribution in [3.05, 3.63) is 28.8 Å². The molecule has 0 aliphatic carbocycles. The van der Waals surface area contributed by atoms with Crippen LogP contribution in [-0.2, 0) is 0 Å². The van der Waals surface area contributed by atoms with Gasteiger partial charge in [-0.1, -0.05) is 6.07 Å². The van der Waals surface area contributed by atoms with Gasteiger partial charge >= 0.3 is 0 Å². The molecule has 0 bridgehead atoms. The Morgan fingerprint density at radius 2 is 1.69 bits per heavy atom. The lowest BCUT2D eigenvalue weighted by molar-refractivity contribution is 0.337. The molecule has 3 N–H and O–H groups in total. The first-order valence-corrected chi connectivity index (χ1v) is 4.36. The smallest absolute Gasteiger partial charge is 0.122 e. The van der Waals surface area contributed by atoms with Crippen molar-refractivity contribution >= 4 is 0 Å². The zero-order chi connectivity index (χ0) is 9.14. The van der Waals surface area contributed by atoms with E-state index in [0.717, 1.165) is 12.4 Å². The van der Waals surface area contributed by atoms with Gasteiger partial charge in [0.25, 0.3) is 0 Å². The lowest BCUT2D eigenvalue weighted by Gasteiger charge is -2.10. The topological polar surface area (TPSA) is 44.2 Å². The van der Waals surface area contributed by atoms with E-state index in [1.54, 1.807) is 0 Å². The number of hydrogen-bond acceptors (Lipinski definition) is 2. The lowest BCUT2D eigenvalue weighted by atomic mass is 10.0. The quantitative estimate of drug-likeness (QED) is 0.761. The molecule has 0 fully saturated rings. The normalized spacial score (nSPS) is 9.23. The first-order chi connectivity index (χ1) is 5.66. The van der Waals surface area contributed by atoms with E-state index in [1.165, 1.54) is 16.7 Å². The van der Waals surface area contributed by atoms with Crippen LogP contribution in [0, 0.1) is 20.8 Å². The van der Waals surface area contributed by atoms with Crippen molar-refractivity contribution in [2.24, 2.45) is 0 Å². The number of benzene rings is 1. The van der Waals surface area contributed by atoms with Gasteiger partial charge in [-0.05, 0) is 50.5 Å². The van der Waals surface area contributed by atoms with Gasteiger partial charge in [-0.3, -0.25) is 0 Å². The van der Waals surface area contributed by atoms with Gasteiger partial charge in [0.2, 0.25) is 0 Å². The number of rotatable bonds is 2. The summed E-state index contributed by atoms with van der Waals surface area (Å²) in [5, 5.41) is 0. The van der Waals surface area contributed by atoms with E-state index in [1.807, 2.05) is 13.0 Å². The maximum atomic E-state index is 5.47. The van der Waals surface area contributed by atoms with Crippen LogP contribution in [0.1, 0.15) is 23.6 Å². The fourth-order valence-corrected chi connectivity index (χ4v) is 1.24. The lowest BCUT2D eigenvalue weighted by Crippen LogP contribution is -1.96. The van der Waals surface area contributed by atoms with Crippen molar-refractivity contribution in [1.29, 1.82) is 0 Å². The molecule has 2 nitrogen and oxygen atoms in total. The monoisotopic (exact) mass is 181 g/mol. The van der Waals surface area contributed by atoms with E-state index in [9.17, 15) is 0 Å². The molecule has 0 radical (unpaired) electrons. The van der Waals surface area contributed by atoms with Crippen molar-refractivity contribution in [3.8, 4) is 5.75 Å². The summed E-state index contributed by atoms with van der Waals surface area (Å²) in [5.41, 5.74) is 3.92. The van der Waals surface area contributed by atoms with Crippen molar-refractivity contribution in [2.45, 2.75) is 27.7 Å². The molecule has 0 saturated carbocycles. The molecule has 1 aromatic carbocycles. The SMILES string of the molecule is CCOc1ccc(C)c(C)c1C.N. The summed E-state index contributed by atoms with van der Waals surface area (Å²) in [5.74, 6) is 1.01. The molecule has 0 aliphatic rings. The largest absolute Gasteiger partial charge is 0.494 e. The Morgan fingerprint density at radius 1 is 1.08 bits per heavy atom. The predicted molar refractivity (Wildman–Crippen MR) is 56.8 cm³/mol. The second kappa shape index (κ2) is 4.87. The van der Waals surface area contributed by atoms with Crippen LogP contribution in [0.2, 0.25) is 0 Å². The fourth-order valence-electron chi connectivity index (χ4n) is 1.24. The van der Waals surface area contributed by atoms with E-state index in [0.29, 0.717) is 0 Å². The average molecular weight is 181 g/mol. The molecular weight excluding hydrogens is 162 g/mol. The Bertz CT molecular complexity index is 282. The molecule has 2 heteroatoms. The highest BCUT2D eigenvalue weighted by molar-refractivity contribution is 5.42. The average Bonchev–Trinajstić information content (AvgIpc) is 2.07. The van der Waals surface area contributed by atoms with Crippen LogP contribution in [0.5, 0.6) is 5.75 Å². The van der Waals surface area contributed by atoms with Crippen molar-refractivity contribution < 1.29 is 4.74 Å². The molecule has 1 aromatic rings. The molecule has 1 rings (SSSR count). The van der Waals surface area contributed by atoms with Crippen molar-refractivity contribution in [3.63, 3.8) is 0 Å². The highest BCUT2D eigenvalue weighted by Crippen LogP contribution is 2.23. The van der Waals surface area contributed by atoms with Gasteiger partial charge in [0.05, 0.1) is 6.61 Å². The van der Waals surface area contributed by atoms with Crippen molar-refractivity contribution in [1.82, 2.24) is 6.15 Å². The molecule has 74 valence electrons. The van der Waals surface area contributed by atoms with E-state index in [-0.39, 0.29) is 6.15 Å². The zero-order valence-electron chi connectivity index (χ0n) is 8.98. The Morgan fingerprint density at radius 3 is 2.23 bits per heavy atom. The summed E-state index contributed by atoms with van der Waals surface area (Å²) in [4.78, 5) is 0. The van der Waals surface area contributed by atoms with Gasteiger partial charge < -0.3 is 10.9 Å². The minimum atomic E-state index is 0. The Kier molecular flexibility index (Phi) is 4.49. The Labute approximate surface area is 80.5 Å². The van der Waals surface area contributed by atoms with Crippen LogP contribution in [0.25, 0.3) is 0 Å². The van der Waals surface area contributed by atoms with Crippen LogP contribution in [0.15, 0.2) is 12.1 Å². The van der Waals surface area contributed by atoms with Gasteiger partial charge in [0.15, 0.2) is 0 Å². The molecule has 0 aromatic heterocycles. The fraction of sp³-hybridized carbons (Fsp3) is 0.455. The van der Waals surface area contributed by atoms with Gasteiger partial charge in [-0.15, -0.1) is 0 Å². The maximum absolute atomic E-state index is 5.47. The van der Waals surface area contributed by atoms with Crippen LogP contribution in [-0.4, -0.2) is 6.61 Å². The first-order valence-electron chi connectivity index (χ1n) is 4.36. The molecule has 0 heterocycles. The second-order valence-electron chi connectivity index (χ2n) is 3.06. The third-order valence-corrected chi connectivity index (χ3v) is 2.31. The number of ether oxygens (including phenoxy) is 1. The molecular formula is C11H19NO. The Hall–Kier alpha value is -1.02. The highest BCUT2D eigenvalue weighted by atomic mass is 16.5.